The molecule has 25 heavy (non-hydrogen) atoms. The van der Waals surface area contributed by atoms with Crippen molar-refractivity contribution >= 4 is 28.3 Å². The minimum atomic E-state index is -0.0263. The van der Waals surface area contributed by atoms with Gasteiger partial charge < -0.3 is 9.88 Å². The predicted molar refractivity (Wildman–Crippen MR) is 101 cm³/mol. The number of fused-ring (bicyclic) bond motifs is 1. The Kier molecular flexibility index (Phi) is 4.98. The van der Waals surface area contributed by atoms with Gasteiger partial charge in [-0.15, -0.1) is 0 Å². The number of aromatic nitrogens is 1. The van der Waals surface area contributed by atoms with Gasteiger partial charge >= 0.3 is 0 Å². The molecule has 0 spiro atoms. The minimum absolute atomic E-state index is 0.0186. The van der Waals surface area contributed by atoms with Crippen LogP contribution in [0.25, 0.3) is 10.9 Å². The molecule has 0 saturated heterocycles. The van der Waals surface area contributed by atoms with Gasteiger partial charge in [-0.05, 0) is 67.6 Å². The van der Waals surface area contributed by atoms with Crippen LogP contribution in [0.5, 0.6) is 0 Å². The summed E-state index contributed by atoms with van der Waals surface area (Å²) in [5.74, 6) is -0.00774. The molecule has 0 unspecified atom stereocenters. The van der Waals surface area contributed by atoms with Crippen molar-refractivity contribution in [3.63, 3.8) is 0 Å². The van der Waals surface area contributed by atoms with Crippen LogP contribution < -0.4 is 5.32 Å². The molecule has 1 N–H and O–H groups in total. The second kappa shape index (κ2) is 7.34. The van der Waals surface area contributed by atoms with Gasteiger partial charge in [0.05, 0.1) is 0 Å². The summed E-state index contributed by atoms with van der Waals surface area (Å²) in [5.41, 5.74) is 3.72. The summed E-state index contributed by atoms with van der Waals surface area (Å²) < 4.78 is 2.20. The van der Waals surface area contributed by atoms with Crippen LogP contribution in [0.1, 0.15) is 36.2 Å². The maximum Gasteiger partial charge on any atom is 0.224 e. The zero-order chi connectivity index (χ0) is 17.8. The van der Waals surface area contributed by atoms with Crippen LogP contribution in [0, 0.1) is 0 Å². The molecule has 0 radical (unpaired) electrons. The van der Waals surface area contributed by atoms with Crippen LogP contribution in [0.4, 0.5) is 5.69 Å². The van der Waals surface area contributed by atoms with E-state index >= 15 is 0 Å². The van der Waals surface area contributed by atoms with Crippen molar-refractivity contribution in [3.05, 3.63) is 65.9 Å². The number of ketones is 1. The average Bonchev–Trinajstić information content (AvgIpc) is 3.02. The summed E-state index contributed by atoms with van der Waals surface area (Å²) in [4.78, 5) is 23.4. The number of hydrogen-bond donors (Lipinski definition) is 1. The van der Waals surface area contributed by atoms with Gasteiger partial charge in [-0.1, -0.05) is 12.1 Å². The number of rotatable bonds is 6. The number of nitrogens with zero attached hydrogens (tertiary/aromatic N) is 1. The van der Waals surface area contributed by atoms with E-state index in [-0.39, 0.29) is 11.7 Å². The molecule has 1 amide bonds. The van der Waals surface area contributed by atoms with Gasteiger partial charge in [-0.3, -0.25) is 9.59 Å². The minimum Gasteiger partial charge on any atom is -0.348 e. The second-order valence-corrected chi connectivity index (χ2v) is 6.18. The second-order valence-electron chi connectivity index (χ2n) is 6.18. The molecule has 4 heteroatoms. The molecule has 2 aromatic carbocycles. The Balaban J connectivity index is 1.61. The zero-order valence-electron chi connectivity index (χ0n) is 14.6. The fourth-order valence-corrected chi connectivity index (χ4v) is 2.93. The lowest BCUT2D eigenvalue weighted by molar-refractivity contribution is -0.116. The number of nitrogens with one attached hydrogen (secondary N) is 1. The Bertz CT molecular complexity index is 907. The molecule has 1 aromatic heterocycles. The summed E-state index contributed by atoms with van der Waals surface area (Å²) in [6.45, 7) is 4.58. The topological polar surface area (TPSA) is 51.1 Å². The van der Waals surface area contributed by atoms with E-state index in [4.69, 9.17) is 0 Å². The van der Waals surface area contributed by atoms with E-state index in [1.807, 2.05) is 0 Å². The molecule has 4 nitrogen and oxygen atoms in total. The van der Waals surface area contributed by atoms with Crippen LogP contribution in [0.2, 0.25) is 0 Å². The quantitative estimate of drug-likeness (QED) is 0.678. The largest absolute Gasteiger partial charge is 0.348 e. The third kappa shape index (κ3) is 3.97. The summed E-state index contributed by atoms with van der Waals surface area (Å²) in [7, 11) is 0. The fraction of sp³-hybridized carbons (Fsp3) is 0.238. The van der Waals surface area contributed by atoms with Crippen LogP contribution in [-0.4, -0.2) is 16.3 Å². The number of carbonyl (C=O) groups excluding carboxylic acids is 2. The molecule has 0 fully saturated rings. The van der Waals surface area contributed by atoms with E-state index in [1.54, 1.807) is 24.3 Å². The number of anilines is 1. The van der Waals surface area contributed by atoms with Crippen LogP contribution in [-0.2, 0) is 17.8 Å². The Morgan fingerprint density at radius 1 is 1.04 bits per heavy atom. The molecule has 0 saturated carbocycles. The molecule has 0 aliphatic carbocycles. The van der Waals surface area contributed by atoms with Crippen LogP contribution >= 0.6 is 0 Å². The van der Waals surface area contributed by atoms with Gasteiger partial charge in [0.15, 0.2) is 5.78 Å². The Hall–Kier alpha value is -2.88. The SMILES string of the molecule is CCn1ccc2ccc(CCC(=O)Nc3ccc(C(C)=O)cc3)cc21. The van der Waals surface area contributed by atoms with Crippen LogP contribution in [0.3, 0.4) is 0 Å². The Morgan fingerprint density at radius 3 is 2.48 bits per heavy atom. The monoisotopic (exact) mass is 334 g/mol. The van der Waals surface area contributed by atoms with Crippen molar-refractivity contribution in [2.45, 2.75) is 33.2 Å². The smallest absolute Gasteiger partial charge is 0.224 e. The molecule has 3 aromatic rings. The summed E-state index contributed by atoms with van der Waals surface area (Å²) in [5, 5.41) is 4.10. The number of benzene rings is 2. The highest BCUT2D eigenvalue weighted by atomic mass is 16.1. The van der Waals surface area contributed by atoms with Crippen molar-refractivity contribution in [2.24, 2.45) is 0 Å². The highest BCUT2D eigenvalue weighted by Gasteiger charge is 2.06. The fourth-order valence-electron chi connectivity index (χ4n) is 2.93. The van der Waals surface area contributed by atoms with E-state index in [2.05, 4.69) is 47.3 Å². The highest BCUT2D eigenvalue weighted by molar-refractivity contribution is 5.95. The summed E-state index contributed by atoms with van der Waals surface area (Å²) in [6, 6.07) is 15.4. The lowest BCUT2D eigenvalue weighted by atomic mass is 10.1. The molecule has 0 bridgehead atoms. The summed E-state index contributed by atoms with van der Waals surface area (Å²) >= 11 is 0. The molecule has 0 aliphatic heterocycles. The number of aryl methyl sites for hydroxylation is 2. The third-order valence-corrected chi connectivity index (χ3v) is 4.39. The number of carbonyl (C=O) groups is 2. The van der Waals surface area contributed by atoms with Gasteiger partial charge in [0.25, 0.3) is 0 Å². The van der Waals surface area contributed by atoms with Crippen molar-refractivity contribution < 1.29 is 9.59 Å². The molecular weight excluding hydrogens is 312 g/mol. The van der Waals surface area contributed by atoms with Gasteiger partial charge in [0.2, 0.25) is 5.91 Å². The third-order valence-electron chi connectivity index (χ3n) is 4.39. The predicted octanol–water partition coefficient (Wildman–Crippen LogP) is 4.44. The van der Waals surface area contributed by atoms with E-state index in [0.717, 1.165) is 12.1 Å². The highest BCUT2D eigenvalue weighted by Crippen LogP contribution is 2.19. The Morgan fingerprint density at radius 2 is 1.80 bits per heavy atom. The molecule has 0 aliphatic rings. The van der Waals surface area contributed by atoms with Gasteiger partial charge in [0.1, 0.15) is 0 Å². The van der Waals surface area contributed by atoms with Gasteiger partial charge in [-0.25, -0.2) is 0 Å². The standard InChI is InChI=1S/C21H22N2O2/c1-3-23-13-12-18-6-4-16(14-20(18)23)5-11-21(25)22-19-9-7-17(8-10-19)15(2)24/h4,6-10,12-14H,3,5,11H2,1-2H3,(H,22,25). The van der Waals surface area contributed by atoms with Gasteiger partial charge in [-0.2, -0.15) is 0 Å². The van der Waals surface area contributed by atoms with E-state index in [0.29, 0.717) is 24.1 Å². The summed E-state index contributed by atoms with van der Waals surface area (Å²) in [6.07, 6.45) is 3.21. The van der Waals surface area contributed by atoms with E-state index in [1.165, 1.54) is 17.8 Å². The van der Waals surface area contributed by atoms with Crippen molar-refractivity contribution in [3.8, 4) is 0 Å². The molecule has 0 atom stereocenters. The van der Waals surface area contributed by atoms with Crippen molar-refractivity contribution in [2.75, 3.05) is 5.32 Å². The van der Waals surface area contributed by atoms with E-state index in [9.17, 15) is 9.59 Å². The average molecular weight is 334 g/mol. The number of amides is 1. The van der Waals surface area contributed by atoms with E-state index < -0.39 is 0 Å². The first-order chi connectivity index (χ1) is 12.1. The maximum atomic E-state index is 12.2. The molecular formula is C21H22N2O2. The zero-order valence-corrected chi connectivity index (χ0v) is 14.6. The van der Waals surface area contributed by atoms with Crippen LogP contribution in [0.15, 0.2) is 54.7 Å². The lowest BCUT2D eigenvalue weighted by Crippen LogP contribution is -2.12. The maximum absolute atomic E-state index is 12.2. The molecule has 1 heterocycles. The van der Waals surface area contributed by atoms with Crippen molar-refractivity contribution in [1.82, 2.24) is 4.57 Å². The first-order valence-electron chi connectivity index (χ1n) is 8.55. The Labute approximate surface area is 147 Å². The number of Topliss-reactive ketones (excluding diaryl/α,β-unsaturated/α-hetero) is 1. The van der Waals surface area contributed by atoms with Crippen molar-refractivity contribution in [1.29, 1.82) is 0 Å². The first kappa shape index (κ1) is 17.0. The normalized spacial score (nSPS) is 10.8. The van der Waals surface area contributed by atoms with Gasteiger partial charge in [0, 0.05) is 35.9 Å². The molecule has 128 valence electrons. The first-order valence-corrected chi connectivity index (χ1v) is 8.55. The molecule has 3 rings (SSSR count). The number of hydrogen-bond acceptors (Lipinski definition) is 2. The lowest BCUT2D eigenvalue weighted by Gasteiger charge is -2.07.